The van der Waals surface area contributed by atoms with Crippen LogP contribution in [0.1, 0.15) is 0 Å². The molecule has 30 heavy (non-hydrogen) atoms. The van der Waals surface area contributed by atoms with Crippen LogP contribution in [0.5, 0.6) is 0 Å². The standard InChI is InChI=1S/C23H18N2.ClHO4/c24-21-13-11-17(12-14-21)20-15-22(18-7-3-1-4-8-18)25-23(16-20)19-9-5-2-6-10-19;2-1(3,4)5/h1-16H,24H2;(H,2,3,4,5). The van der Waals surface area contributed by atoms with Crippen LogP contribution in [0.4, 0.5) is 5.69 Å². The molecule has 0 bridgehead atoms. The van der Waals surface area contributed by atoms with Crippen molar-refractivity contribution >= 4 is 5.69 Å². The van der Waals surface area contributed by atoms with Crippen molar-refractivity contribution in [3.05, 3.63) is 97.1 Å². The molecule has 4 rings (SSSR count). The highest BCUT2D eigenvalue weighted by Crippen LogP contribution is 2.30. The van der Waals surface area contributed by atoms with E-state index in [0.717, 1.165) is 39.3 Å². The SMILES string of the molecule is Nc1ccc(-c2cc(-c3ccccc3)nc(-c3ccccc3)c2)cc1.[O-][Cl+3]([O-])([O-])O. The minimum Gasteiger partial charge on any atom is -0.399 e. The molecule has 0 aliphatic heterocycles. The number of hydrogen-bond donors (Lipinski definition) is 2. The number of rotatable bonds is 3. The van der Waals surface area contributed by atoms with Gasteiger partial charge in [0, 0.05) is 16.8 Å². The monoisotopic (exact) mass is 422 g/mol. The largest absolute Gasteiger partial charge is 0.399 e. The van der Waals surface area contributed by atoms with Crippen LogP contribution in [0.2, 0.25) is 0 Å². The Bertz CT molecular complexity index is 1020. The lowest BCUT2D eigenvalue weighted by Crippen LogP contribution is -2.58. The molecule has 7 heteroatoms. The number of aromatic nitrogens is 1. The third-order valence-electron chi connectivity index (χ3n) is 4.21. The molecule has 0 aliphatic carbocycles. The summed E-state index contributed by atoms with van der Waals surface area (Å²) in [5.74, 6) is 0. The van der Waals surface area contributed by atoms with Gasteiger partial charge in [-0.25, -0.2) is 4.98 Å². The van der Waals surface area contributed by atoms with E-state index in [4.69, 9.17) is 29.4 Å². The Labute approximate surface area is 176 Å². The Morgan fingerprint density at radius 3 is 1.40 bits per heavy atom. The number of nitrogens with two attached hydrogens (primary N) is 1. The van der Waals surface area contributed by atoms with Gasteiger partial charge in [-0.2, -0.15) is 14.0 Å². The predicted octanol–water partition coefficient (Wildman–Crippen LogP) is 1.54. The smallest absolute Gasteiger partial charge is 0.0777 e. The van der Waals surface area contributed by atoms with Crippen molar-refractivity contribution in [3.63, 3.8) is 0 Å². The Balaban J connectivity index is 0.000000461. The summed E-state index contributed by atoms with van der Waals surface area (Å²) in [7, 11) is -4.69. The number of benzene rings is 3. The zero-order valence-electron chi connectivity index (χ0n) is 15.8. The Kier molecular flexibility index (Phi) is 6.79. The van der Waals surface area contributed by atoms with E-state index in [0.29, 0.717) is 0 Å². The zero-order chi connectivity index (χ0) is 21.6. The van der Waals surface area contributed by atoms with Crippen molar-refractivity contribution in [2.75, 3.05) is 5.73 Å². The van der Waals surface area contributed by atoms with Crippen LogP contribution in [-0.4, -0.2) is 9.64 Å². The highest BCUT2D eigenvalue weighted by atomic mass is 35.7. The van der Waals surface area contributed by atoms with Crippen molar-refractivity contribution < 1.29 is 28.9 Å². The maximum absolute atomic E-state index is 8.60. The van der Waals surface area contributed by atoms with Gasteiger partial charge in [-0.15, -0.1) is 0 Å². The molecule has 0 aliphatic rings. The summed E-state index contributed by atoms with van der Waals surface area (Å²) in [4.78, 5) is 4.89. The molecular formula is C23H19ClN2O4. The number of anilines is 1. The lowest BCUT2D eigenvalue weighted by molar-refractivity contribution is -1.92. The van der Waals surface area contributed by atoms with Crippen molar-refractivity contribution in [3.8, 4) is 33.6 Å². The van der Waals surface area contributed by atoms with E-state index in [1.807, 2.05) is 60.7 Å². The molecule has 152 valence electrons. The number of nitrogen functional groups attached to an aromatic ring is 1. The van der Waals surface area contributed by atoms with Gasteiger partial charge in [0.1, 0.15) is 0 Å². The normalized spacial score (nSPS) is 10.8. The molecule has 6 nitrogen and oxygen atoms in total. The Morgan fingerprint density at radius 1 is 0.600 bits per heavy atom. The second-order valence-corrected chi connectivity index (χ2v) is 7.17. The van der Waals surface area contributed by atoms with E-state index >= 15 is 0 Å². The number of halogens is 1. The third-order valence-corrected chi connectivity index (χ3v) is 4.21. The quantitative estimate of drug-likeness (QED) is 0.482. The average Bonchev–Trinajstić information content (AvgIpc) is 2.74. The van der Waals surface area contributed by atoms with E-state index in [-0.39, 0.29) is 0 Å². The minimum atomic E-state index is -4.69. The summed E-state index contributed by atoms with van der Waals surface area (Å²) in [5.41, 5.74) is 13.0. The highest BCUT2D eigenvalue weighted by Gasteiger charge is 2.08. The zero-order valence-corrected chi connectivity index (χ0v) is 16.6. The summed E-state index contributed by atoms with van der Waals surface area (Å²) >= 11 is 0. The van der Waals surface area contributed by atoms with Crippen molar-refractivity contribution in [1.82, 2.24) is 4.98 Å². The van der Waals surface area contributed by atoms with Crippen molar-refractivity contribution in [2.45, 2.75) is 0 Å². The topological polar surface area (TPSA) is 128 Å². The Hall–Kier alpha value is -3.26. The van der Waals surface area contributed by atoms with Gasteiger partial charge in [0.05, 0.1) is 26.3 Å². The molecule has 0 atom stereocenters. The van der Waals surface area contributed by atoms with Crippen LogP contribution < -0.4 is 19.7 Å². The fourth-order valence-electron chi connectivity index (χ4n) is 2.89. The Morgan fingerprint density at radius 2 is 1.00 bits per heavy atom. The summed E-state index contributed by atoms with van der Waals surface area (Å²) in [6.45, 7) is 0. The molecular weight excluding hydrogens is 404 g/mol. The van der Waals surface area contributed by atoms with Gasteiger partial charge in [-0.05, 0) is 35.4 Å². The van der Waals surface area contributed by atoms with Gasteiger partial charge in [0.2, 0.25) is 0 Å². The molecule has 3 aromatic carbocycles. The molecule has 0 saturated heterocycles. The van der Waals surface area contributed by atoms with E-state index in [1.54, 1.807) is 0 Å². The number of pyridine rings is 1. The second-order valence-electron chi connectivity index (χ2n) is 6.38. The van der Waals surface area contributed by atoms with Crippen LogP contribution in [-0.2, 0) is 0 Å². The molecule has 1 heterocycles. The molecule has 4 aromatic rings. The van der Waals surface area contributed by atoms with Crippen LogP contribution in [0.15, 0.2) is 97.1 Å². The van der Waals surface area contributed by atoms with E-state index in [9.17, 15) is 0 Å². The molecule has 0 radical (unpaired) electrons. The molecule has 0 fully saturated rings. The summed E-state index contributed by atoms with van der Waals surface area (Å²) in [6.07, 6.45) is 0. The van der Waals surface area contributed by atoms with E-state index < -0.39 is 10.2 Å². The molecule has 0 saturated carbocycles. The third kappa shape index (κ3) is 6.38. The first-order valence-corrected chi connectivity index (χ1v) is 10.2. The first kappa shape index (κ1) is 21.4. The van der Waals surface area contributed by atoms with Crippen LogP contribution in [0, 0.1) is 10.2 Å². The molecule has 0 unspecified atom stereocenters. The first-order valence-electron chi connectivity index (χ1n) is 8.92. The maximum Gasteiger partial charge on any atom is 0.0777 e. The van der Waals surface area contributed by atoms with Gasteiger partial charge >= 0.3 is 0 Å². The molecule has 0 spiro atoms. The van der Waals surface area contributed by atoms with Gasteiger partial charge < -0.3 is 5.73 Å². The summed E-state index contributed by atoms with van der Waals surface area (Å²) < 4.78 is 32.7. The molecule has 1 aromatic heterocycles. The second kappa shape index (κ2) is 9.49. The number of nitrogens with zero attached hydrogens (tertiary/aromatic N) is 1. The van der Waals surface area contributed by atoms with Crippen molar-refractivity contribution in [1.29, 1.82) is 0 Å². The van der Waals surface area contributed by atoms with Gasteiger partial charge in [-0.1, -0.05) is 72.8 Å². The van der Waals surface area contributed by atoms with Crippen LogP contribution >= 0.6 is 0 Å². The highest BCUT2D eigenvalue weighted by molar-refractivity contribution is 5.77. The van der Waals surface area contributed by atoms with Gasteiger partial charge in [0.25, 0.3) is 0 Å². The number of hydrogen-bond acceptors (Lipinski definition) is 6. The average molecular weight is 423 g/mol. The minimum absolute atomic E-state index is 0.768. The fourth-order valence-corrected chi connectivity index (χ4v) is 2.89. The van der Waals surface area contributed by atoms with Gasteiger partial charge in [0.15, 0.2) is 0 Å². The summed E-state index contributed by atoms with van der Waals surface area (Å²) in [5, 5.41) is 0. The van der Waals surface area contributed by atoms with Crippen LogP contribution in [0.3, 0.4) is 0 Å². The van der Waals surface area contributed by atoms with E-state index in [1.165, 1.54) is 0 Å². The fraction of sp³-hybridized carbons (Fsp3) is 0. The lowest BCUT2D eigenvalue weighted by atomic mass is 10.00. The maximum atomic E-state index is 8.60. The first-order chi connectivity index (χ1) is 14.3. The van der Waals surface area contributed by atoms with Crippen LogP contribution in [0.25, 0.3) is 33.6 Å². The van der Waals surface area contributed by atoms with E-state index in [2.05, 4.69) is 36.4 Å². The van der Waals surface area contributed by atoms with Gasteiger partial charge in [-0.3, -0.25) is 0 Å². The molecule has 3 N–H and O–H groups in total. The lowest BCUT2D eigenvalue weighted by Gasteiger charge is -2.10. The summed E-state index contributed by atoms with van der Waals surface area (Å²) in [6, 6.07) is 32.8. The van der Waals surface area contributed by atoms with Crippen molar-refractivity contribution in [2.24, 2.45) is 0 Å². The molecule has 0 amide bonds. The predicted molar refractivity (Wildman–Crippen MR) is 107 cm³/mol.